The van der Waals surface area contributed by atoms with Gasteiger partial charge in [-0.3, -0.25) is 14.3 Å². The van der Waals surface area contributed by atoms with Crippen LogP contribution in [0.2, 0.25) is 0 Å². The lowest BCUT2D eigenvalue weighted by molar-refractivity contribution is -0.117. The number of ether oxygens (including phenoxy) is 1. The predicted octanol–water partition coefficient (Wildman–Crippen LogP) is 4.12. The van der Waals surface area contributed by atoms with Gasteiger partial charge in [0.05, 0.1) is 23.9 Å². The number of hydrogen-bond donors (Lipinski definition) is 1. The van der Waals surface area contributed by atoms with Crippen LogP contribution in [0.4, 0.5) is 5.69 Å². The van der Waals surface area contributed by atoms with E-state index in [1.165, 1.54) is 0 Å². The van der Waals surface area contributed by atoms with E-state index in [-0.39, 0.29) is 17.2 Å². The Bertz CT molecular complexity index is 932. The minimum atomic E-state index is -1.51. The molecule has 0 fully saturated rings. The Labute approximate surface area is 171 Å². The summed E-state index contributed by atoms with van der Waals surface area (Å²) in [6.07, 6.45) is 0. The van der Waals surface area contributed by atoms with Crippen molar-refractivity contribution in [1.29, 1.82) is 5.26 Å². The summed E-state index contributed by atoms with van der Waals surface area (Å²) in [5.41, 5.74) is 1.07. The summed E-state index contributed by atoms with van der Waals surface area (Å²) in [6, 6.07) is 10.4. The van der Waals surface area contributed by atoms with Crippen molar-refractivity contribution in [2.45, 2.75) is 53.0 Å². The minimum absolute atomic E-state index is 0.114. The smallest absolute Gasteiger partial charge is 0.249 e. The number of nitrogens with zero attached hydrogens (tertiary/aromatic N) is 3. The number of anilines is 1. The molecule has 2 rings (SSSR count). The second kappa shape index (κ2) is 8.91. The Morgan fingerprint density at radius 2 is 1.93 bits per heavy atom. The van der Waals surface area contributed by atoms with Crippen LogP contribution in [0.5, 0.6) is 5.75 Å². The lowest BCUT2D eigenvalue weighted by Gasteiger charge is -2.23. The number of nitrogens with one attached hydrogen (secondary N) is 1. The van der Waals surface area contributed by atoms with E-state index in [1.807, 2.05) is 47.6 Å². The maximum Gasteiger partial charge on any atom is 0.249 e. The summed E-state index contributed by atoms with van der Waals surface area (Å²) in [7, 11) is 0. The van der Waals surface area contributed by atoms with Crippen LogP contribution in [0, 0.1) is 17.2 Å². The molecular formula is C22H28N4O3. The largest absolute Gasteiger partial charge is 0.492 e. The first-order chi connectivity index (χ1) is 13.6. The molecule has 0 radical (unpaired) electrons. The molecular weight excluding hydrogens is 368 g/mol. The molecule has 0 spiro atoms. The summed E-state index contributed by atoms with van der Waals surface area (Å²) < 4.78 is 7.26. The number of rotatable bonds is 7. The average Bonchev–Trinajstić information content (AvgIpc) is 3.10. The first-order valence-corrected chi connectivity index (χ1v) is 9.67. The Morgan fingerprint density at radius 3 is 2.45 bits per heavy atom. The zero-order valence-corrected chi connectivity index (χ0v) is 17.8. The molecule has 7 heteroatoms. The Kier molecular flexibility index (Phi) is 6.80. The zero-order chi connectivity index (χ0) is 21.8. The molecule has 0 bridgehead atoms. The van der Waals surface area contributed by atoms with Crippen molar-refractivity contribution in [2.75, 3.05) is 11.9 Å². The van der Waals surface area contributed by atoms with E-state index in [2.05, 4.69) is 10.4 Å². The van der Waals surface area contributed by atoms with Crippen molar-refractivity contribution in [3.8, 4) is 11.8 Å². The molecule has 1 N–H and O–H groups in total. The van der Waals surface area contributed by atoms with Gasteiger partial charge in [0, 0.05) is 5.69 Å². The van der Waals surface area contributed by atoms with E-state index in [0.717, 1.165) is 5.69 Å². The summed E-state index contributed by atoms with van der Waals surface area (Å²) in [6.45, 7) is 12.2. The van der Waals surface area contributed by atoms with E-state index in [9.17, 15) is 14.9 Å². The number of ketones is 1. The van der Waals surface area contributed by atoms with Crippen LogP contribution < -0.4 is 10.1 Å². The van der Waals surface area contributed by atoms with Crippen LogP contribution in [0.25, 0.3) is 0 Å². The van der Waals surface area contributed by atoms with Crippen molar-refractivity contribution in [3.05, 3.63) is 41.7 Å². The number of benzene rings is 1. The lowest BCUT2D eigenvalue weighted by Crippen LogP contribution is -2.30. The van der Waals surface area contributed by atoms with Gasteiger partial charge < -0.3 is 10.1 Å². The van der Waals surface area contributed by atoms with Gasteiger partial charge in [0.25, 0.3) is 0 Å². The highest BCUT2D eigenvalue weighted by atomic mass is 16.5. The van der Waals surface area contributed by atoms with Crippen molar-refractivity contribution in [2.24, 2.45) is 5.92 Å². The molecule has 1 heterocycles. The normalized spacial score (nSPS) is 12.3. The van der Waals surface area contributed by atoms with E-state index >= 15 is 0 Å². The molecule has 1 aromatic carbocycles. The summed E-state index contributed by atoms with van der Waals surface area (Å²) >= 11 is 0. The lowest BCUT2D eigenvalue weighted by atomic mass is 10.0. The molecule has 1 aromatic heterocycles. The van der Waals surface area contributed by atoms with E-state index in [0.29, 0.717) is 18.0 Å². The van der Waals surface area contributed by atoms with Crippen LogP contribution in [-0.2, 0) is 10.3 Å². The molecule has 0 aliphatic rings. The summed E-state index contributed by atoms with van der Waals surface area (Å²) in [5.74, 6) is -2.22. The molecule has 0 aliphatic heterocycles. The Morgan fingerprint density at radius 1 is 1.28 bits per heavy atom. The highest BCUT2D eigenvalue weighted by molar-refractivity contribution is 6.15. The predicted molar refractivity (Wildman–Crippen MR) is 111 cm³/mol. The fourth-order valence-corrected chi connectivity index (χ4v) is 2.90. The van der Waals surface area contributed by atoms with Crippen LogP contribution in [-0.4, -0.2) is 28.1 Å². The number of para-hydroxylation sites is 2. The van der Waals surface area contributed by atoms with Crippen molar-refractivity contribution in [3.63, 3.8) is 0 Å². The molecule has 0 saturated carbocycles. The number of amides is 1. The van der Waals surface area contributed by atoms with Gasteiger partial charge >= 0.3 is 0 Å². The van der Waals surface area contributed by atoms with E-state index < -0.39 is 17.6 Å². The molecule has 154 valence electrons. The third-order valence-corrected chi connectivity index (χ3v) is 4.31. The number of Topliss-reactive ketones (excluding diaryl/α,β-unsaturated/α-hetero) is 1. The van der Waals surface area contributed by atoms with Gasteiger partial charge in [0.15, 0.2) is 5.92 Å². The average molecular weight is 396 g/mol. The third kappa shape index (κ3) is 5.02. The van der Waals surface area contributed by atoms with Crippen LogP contribution in [0.1, 0.15) is 63.6 Å². The second-order valence-electron chi connectivity index (χ2n) is 8.04. The molecule has 7 nitrogen and oxygen atoms in total. The molecule has 29 heavy (non-hydrogen) atoms. The highest BCUT2D eigenvalue weighted by Gasteiger charge is 2.32. The number of aromatic nitrogens is 2. The van der Waals surface area contributed by atoms with E-state index in [4.69, 9.17) is 4.74 Å². The molecule has 0 saturated heterocycles. The van der Waals surface area contributed by atoms with Gasteiger partial charge in [-0.1, -0.05) is 26.0 Å². The number of carbonyl (C=O) groups excluding carboxylic acids is 2. The SMILES string of the molecule is CCOc1ccccc1NC(=O)C(C#N)C(=O)c1cc(C(C)C)n(C(C)(C)C)n1. The topological polar surface area (TPSA) is 97.0 Å². The van der Waals surface area contributed by atoms with Gasteiger partial charge in [-0.05, 0) is 51.8 Å². The molecule has 0 aliphatic carbocycles. The maximum absolute atomic E-state index is 12.9. The molecule has 2 aromatic rings. The second-order valence-corrected chi connectivity index (χ2v) is 8.04. The number of carbonyl (C=O) groups is 2. The van der Waals surface area contributed by atoms with Crippen molar-refractivity contribution in [1.82, 2.24) is 9.78 Å². The third-order valence-electron chi connectivity index (χ3n) is 4.31. The molecule has 1 unspecified atom stereocenters. The van der Waals surface area contributed by atoms with E-state index in [1.54, 1.807) is 35.0 Å². The highest BCUT2D eigenvalue weighted by Crippen LogP contribution is 2.26. The van der Waals surface area contributed by atoms with Gasteiger partial charge in [-0.25, -0.2) is 0 Å². The maximum atomic E-state index is 12.9. The number of nitriles is 1. The number of hydrogen-bond acceptors (Lipinski definition) is 5. The van der Waals surface area contributed by atoms with Crippen LogP contribution in [0.3, 0.4) is 0 Å². The molecule has 1 amide bonds. The van der Waals surface area contributed by atoms with Gasteiger partial charge in [0.2, 0.25) is 11.7 Å². The quantitative estimate of drug-likeness (QED) is 0.561. The first kappa shape index (κ1) is 22.2. The van der Waals surface area contributed by atoms with Crippen molar-refractivity contribution < 1.29 is 14.3 Å². The minimum Gasteiger partial charge on any atom is -0.492 e. The van der Waals surface area contributed by atoms with Crippen LogP contribution >= 0.6 is 0 Å². The zero-order valence-electron chi connectivity index (χ0n) is 17.8. The Hall–Kier alpha value is -3.14. The fourth-order valence-electron chi connectivity index (χ4n) is 2.90. The fraction of sp³-hybridized carbons (Fsp3) is 0.455. The Balaban J connectivity index is 2.32. The van der Waals surface area contributed by atoms with Crippen LogP contribution in [0.15, 0.2) is 30.3 Å². The van der Waals surface area contributed by atoms with Gasteiger partial charge in [-0.15, -0.1) is 0 Å². The monoisotopic (exact) mass is 396 g/mol. The van der Waals surface area contributed by atoms with Gasteiger partial charge in [0.1, 0.15) is 11.4 Å². The standard InChI is InChI=1S/C22H28N4O3/c1-7-29-19-11-9-8-10-16(19)24-21(28)15(13-23)20(27)17-12-18(14(2)3)26(25-17)22(4,5)6/h8-12,14-15H,7H2,1-6H3,(H,24,28). The summed E-state index contributed by atoms with van der Waals surface area (Å²) in [4.78, 5) is 25.6. The van der Waals surface area contributed by atoms with Gasteiger partial charge in [-0.2, -0.15) is 10.4 Å². The van der Waals surface area contributed by atoms with Crippen molar-refractivity contribution >= 4 is 17.4 Å². The first-order valence-electron chi connectivity index (χ1n) is 9.67. The molecule has 1 atom stereocenters. The summed E-state index contributed by atoms with van der Waals surface area (Å²) in [5, 5.41) is 16.6.